The summed E-state index contributed by atoms with van der Waals surface area (Å²) in [6.45, 7) is 3.71. The first-order valence-corrected chi connectivity index (χ1v) is 3.86. The zero-order valence-corrected chi connectivity index (χ0v) is 7.09. The van der Waals surface area contributed by atoms with Gasteiger partial charge in [0.05, 0.1) is 5.69 Å². The molecule has 3 heteroatoms. The van der Waals surface area contributed by atoms with Crippen LogP contribution in [0.1, 0.15) is 37.4 Å². The maximum Gasteiger partial charge on any atom is 0.265 e. The summed E-state index contributed by atoms with van der Waals surface area (Å²) in [5.74, 6) is 0.0511. The van der Waals surface area contributed by atoms with Crippen LogP contribution in [0.2, 0.25) is 0 Å². The molecule has 1 aromatic heterocycles. The number of nitrogens with zero attached hydrogens (tertiary/aromatic N) is 1. The van der Waals surface area contributed by atoms with Gasteiger partial charge in [-0.2, -0.15) is 0 Å². The van der Waals surface area contributed by atoms with Crippen LogP contribution in [-0.2, 0) is 0 Å². The van der Waals surface area contributed by atoms with Crippen molar-refractivity contribution in [1.29, 1.82) is 0 Å². The Labute approximate surface area is 70.4 Å². The Morgan fingerprint density at radius 1 is 1.33 bits per heavy atom. The number of alkyl halides is 2. The lowest BCUT2D eigenvalue weighted by atomic mass is 10.0. The van der Waals surface area contributed by atoms with Gasteiger partial charge in [0.15, 0.2) is 0 Å². The molecule has 0 amide bonds. The van der Waals surface area contributed by atoms with Crippen molar-refractivity contribution >= 4 is 0 Å². The van der Waals surface area contributed by atoms with E-state index in [9.17, 15) is 8.78 Å². The summed E-state index contributed by atoms with van der Waals surface area (Å²) >= 11 is 0. The van der Waals surface area contributed by atoms with Gasteiger partial charge in [-0.05, 0) is 18.1 Å². The molecule has 0 unspecified atom stereocenters. The molecule has 0 spiro atoms. The SMILES string of the molecule is CC(C)c1ncccc1C(F)F. The third kappa shape index (κ3) is 1.78. The molecule has 0 bridgehead atoms. The molecule has 0 aliphatic heterocycles. The second kappa shape index (κ2) is 3.61. The van der Waals surface area contributed by atoms with Crippen LogP contribution >= 0.6 is 0 Å². The number of hydrogen-bond acceptors (Lipinski definition) is 1. The fraction of sp³-hybridized carbons (Fsp3) is 0.444. The first-order chi connectivity index (χ1) is 5.63. The summed E-state index contributed by atoms with van der Waals surface area (Å²) in [6, 6.07) is 2.96. The van der Waals surface area contributed by atoms with Crippen LogP contribution in [0.5, 0.6) is 0 Å². The van der Waals surface area contributed by atoms with Crippen molar-refractivity contribution in [1.82, 2.24) is 4.98 Å². The second-order valence-corrected chi connectivity index (χ2v) is 2.93. The molecule has 1 nitrogen and oxygen atoms in total. The summed E-state index contributed by atoms with van der Waals surface area (Å²) in [6.07, 6.45) is -0.877. The van der Waals surface area contributed by atoms with Gasteiger partial charge in [-0.25, -0.2) is 8.78 Å². The van der Waals surface area contributed by atoms with Gasteiger partial charge in [-0.15, -0.1) is 0 Å². The van der Waals surface area contributed by atoms with Crippen LogP contribution in [0.15, 0.2) is 18.3 Å². The minimum Gasteiger partial charge on any atom is -0.261 e. The quantitative estimate of drug-likeness (QED) is 0.666. The molecule has 0 saturated heterocycles. The van der Waals surface area contributed by atoms with E-state index < -0.39 is 6.43 Å². The highest BCUT2D eigenvalue weighted by atomic mass is 19.3. The molecule has 0 N–H and O–H groups in total. The van der Waals surface area contributed by atoms with Crippen molar-refractivity contribution < 1.29 is 8.78 Å². The van der Waals surface area contributed by atoms with Crippen LogP contribution < -0.4 is 0 Å². The molecule has 0 saturated carbocycles. The first kappa shape index (κ1) is 9.10. The lowest BCUT2D eigenvalue weighted by Gasteiger charge is -2.09. The molecule has 0 radical (unpaired) electrons. The normalized spacial score (nSPS) is 11.2. The van der Waals surface area contributed by atoms with Crippen molar-refractivity contribution in [2.24, 2.45) is 0 Å². The predicted octanol–water partition coefficient (Wildman–Crippen LogP) is 3.14. The van der Waals surface area contributed by atoms with E-state index in [-0.39, 0.29) is 11.5 Å². The average molecular weight is 171 g/mol. The standard InChI is InChI=1S/C9H11F2N/c1-6(2)8-7(9(10)11)4-3-5-12-8/h3-6,9H,1-2H3. The van der Waals surface area contributed by atoms with Crippen molar-refractivity contribution in [2.45, 2.75) is 26.2 Å². The van der Waals surface area contributed by atoms with Crippen LogP contribution in [0.25, 0.3) is 0 Å². The minimum atomic E-state index is -2.42. The number of hydrogen-bond donors (Lipinski definition) is 0. The van der Waals surface area contributed by atoms with Crippen molar-refractivity contribution in [3.63, 3.8) is 0 Å². The molecule has 0 aromatic carbocycles. The minimum absolute atomic E-state index is 0.0486. The van der Waals surface area contributed by atoms with E-state index in [1.807, 2.05) is 13.8 Å². The number of rotatable bonds is 2. The molecular weight excluding hydrogens is 160 g/mol. The number of aromatic nitrogens is 1. The van der Waals surface area contributed by atoms with Gasteiger partial charge in [0, 0.05) is 11.8 Å². The highest BCUT2D eigenvalue weighted by Crippen LogP contribution is 2.25. The molecule has 0 aliphatic rings. The van der Waals surface area contributed by atoms with Gasteiger partial charge < -0.3 is 0 Å². The fourth-order valence-corrected chi connectivity index (χ4v) is 1.10. The summed E-state index contributed by atoms with van der Waals surface area (Å²) in [5, 5.41) is 0. The molecule has 0 atom stereocenters. The lowest BCUT2D eigenvalue weighted by molar-refractivity contribution is 0.149. The predicted molar refractivity (Wildman–Crippen MR) is 43.3 cm³/mol. The molecule has 0 aliphatic carbocycles. The molecule has 1 heterocycles. The Kier molecular flexibility index (Phi) is 2.74. The van der Waals surface area contributed by atoms with Gasteiger partial charge in [0.25, 0.3) is 6.43 Å². The van der Waals surface area contributed by atoms with Crippen LogP contribution in [0.3, 0.4) is 0 Å². The van der Waals surface area contributed by atoms with Crippen molar-refractivity contribution in [2.75, 3.05) is 0 Å². The summed E-state index contributed by atoms with van der Waals surface area (Å²) in [7, 11) is 0. The Hall–Kier alpha value is -0.990. The summed E-state index contributed by atoms with van der Waals surface area (Å²) in [4.78, 5) is 3.92. The molecule has 66 valence electrons. The Bertz CT molecular complexity index is 231. The third-order valence-corrected chi connectivity index (χ3v) is 1.65. The number of pyridine rings is 1. The van der Waals surface area contributed by atoms with Gasteiger partial charge in [-0.1, -0.05) is 13.8 Å². The van der Waals surface area contributed by atoms with E-state index in [0.29, 0.717) is 5.69 Å². The zero-order valence-electron chi connectivity index (χ0n) is 7.09. The van der Waals surface area contributed by atoms with Crippen LogP contribution in [-0.4, -0.2) is 4.98 Å². The topological polar surface area (TPSA) is 12.9 Å². The van der Waals surface area contributed by atoms with E-state index in [2.05, 4.69) is 4.98 Å². The first-order valence-electron chi connectivity index (χ1n) is 3.86. The highest BCUT2D eigenvalue weighted by molar-refractivity contribution is 5.23. The van der Waals surface area contributed by atoms with Gasteiger partial charge >= 0.3 is 0 Å². The summed E-state index contributed by atoms with van der Waals surface area (Å²) < 4.78 is 24.7. The van der Waals surface area contributed by atoms with E-state index in [1.165, 1.54) is 12.1 Å². The van der Waals surface area contributed by atoms with Crippen LogP contribution in [0, 0.1) is 0 Å². The zero-order chi connectivity index (χ0) is 9.14. The maximum atomic E-state index is 12.3. The number of halogens is 2. The molecule has 1 rings (SSSR count). The molecule has 0 fully saturated rings. The second-order valence-electron chi connectivity index (χ2n) is 2.93. The molecule has 12 heavy (non-hydrogen) atoms. The van der Waals surface area contributed by atoms with Gasteiger partial charge in [-0.3, -0.25) is 4.98 Å². The van der Waals surface area contributed by atoms with E-state index in [1.54, 1.807) is 6.20 Å². The van der Waals surface area contributed by atoms with Crippen molar-refractivity contribution in [3.05, 3.63) is 29.6 Å². The highest BCUT2D eigenvalue weighted by Gasteiger charge is 2.14. The lowest BCUT2D eigenvalue weighted by Crippen LogP contribution is -1.99. The largest absolute Gasteiger partial charge is 0.265 e. The summed E-state index contributed by atoms with van der Waals surface area (Å²) in [5.41, 5.74) is 0.542. The van der Waals surface area contributed by atoms with Gasteiger partial charge in [0.2, 0.25) is 0 Å². The smallest absolute Gasteiger partial charge is 0.261 e. The van der Waals surface area contributed by atoms with E-state index in [4.69, 9.17) is 0 Å². The Balaban J connectivity index is 3.09. The average Bonchev–Trinajstić information content (AvgIpc) is 2.04. The molecular formula is C9H11F2N. The Morgan fingerprint density at radius 3 is 2.42 bits per heavy atom. The van der Waals surface area contributed by atoms with Crippen LogP contribution in [0.4, 0.5) is 8.78 Å². The maximum absolute atomic E-state index is 12.3. The fourth-order valence-electron chi connectivity index (χ4n) is 1.10. The van der Waals surface area contributed by atoms with E-state index in [0.717, 1.165) is 0 Å². The molecule has 1 aromatic rings. The Morgan fingerprint density at radius 2 is 2.00 bits per heavy atom. The monoisotopic (exact) mass is 171 g/mol. The van der Waals surface area contributed by atoms with Crippen molar-refractivity contribution in [3.8, 4) is 0 Å². The van der Waals surface area contributed by atoms with E-state index >= 15 is 0 Å². The van der Waals surface area contributed by atoms with Gasteiger partial charge in [0.1, 0.15) is 0 Å². The third-order valence-electron chi connectivity index (χ3n) is 1.65.